The number of rotatable bonds is 2. The van der Waals surface area contributed by atoms with Crippen LogP contribution in [-0.2, 0) is 0 Å². The van der Waals surface area contributed by atoms with Gasteiger partial charge in [0, 0.05) is 25.3 Å². The molecule has 2 unspecified atom stereocenters. The largest absolute Gasteiger partial charge is 0.391 e. The fourth-order valence-electron chi connectivity index (χ4n) is 3.37. The van der Waals surface area contributed by atoms with Crippen LogP contribution in [0, 0.1) is 5.92 Å². The van der Waals surface area contributed by atoms with Crippen LogP contribution in [0.1, 0.15) is 42.7 Å². The van der Waals surface area contributed by atoms with Crippen LogP contribution in [0.2, 0.25) is 0 Å². The molecule has 116 valence electrons. The zero-order valence-electron chi connectivity index (χ0n) is 12.7. The van der Waals surface area contributed by atoms with Gasteiger partial charge in [-0.05, 0) is 50.4 Å². The normalized spacial score (nSPS) is 27.8. The van der Waals surface area contributed by atoms with E-state index in [0.717, 1.165) is 44.6 Å². The highest BCUT2D eigenvalue weighted by atomic mass is 16.3. The molecule has 1 aromatic heterocycles. The SMILES string of the molecule is CC1CCN(C(=O)c2cccn2C2CCNCC2)CC1O. The van der Waals surface area contributed by atoms with E-state index in [1.54, 1.807) is 4.90 Å². The number of β-amino-alcohol motifs (C(OH)–C–C–N with tert-alkyl or cyclic N) is 1. The van der Waals surface area contributed by atoms with Crippen molar-refractivity contribution in [1.29, 1.82) is 0 Å². The van der Waals surface area contributed by atoms with Crippen molar-refractivity contribution >= 4 is 5.91 Å². The lowest BCUT2D eigenvalue weighted by molar-refractivity contribution is 0.0240. The number of piperidine rings is 2. The number of aromatic nitrogens is 1. The van der Waals surface area contributed by atoms with Gasteiger partial charge in [0.1, 0.15) is 5.69 Å². The van der Waals surface area contributed by atoms with Gasteiger partial charge in [0.15, 0.2) is 0 Å². The van der Waals surface area contributed by atoms with E-state index in [4.69, 9.17) is 0 Å². The van der Waals surface area contributed by atoms with Crippen molar-refractivity contribution in [2.24, 2.45) is 5.92 Å². The maximum atomic E-state index is 12.8. The summed E-state index contributed by atoms with van der Waals surface area (Å²) < 4.78 is 2.13. The fourth-order valence-corrected chi connectivity index (χ4v) is 3.37. The average molecular weight is 291 g/mol. The molecule has 2 N–H and O–H groups in total. The summed E-state index contributed by atoms with van der Waals surface area (Å²) in [4.78, 5) is 14.6. The van der Waals surface area contributed by atoms with E-state index >= 15 is 0 Å². The molecular weight excluding hydrogens is 266 g/mol. The van der Waals surface area contributed by atoms with Crippen molar-refractivity contribution in [2.45, 2.75) is 38.3 Å². The summed E-state index contributed by atoms with van der Waals surface area (Å²) in [7, 11) is 0. The smallest absolute Gasteiger partial charge is 0.270 e. The van der Waals surface area contributed by atoms with Crippen molar-refractivity contribution < 1.29 is 9.90 Å². The van der Waals surface area contributed by atoms with Crippen LogP contribution < -0.4 is 5.32 Å². The predicted octanol–water partition coefficient (Wildman–Crippen LogP) is 1.26. The summed E-state index contributed by atoms with van der Waals surface area (Å²) in [6.07, 6.45) is 4.63. The zero-order valence-corrected chi connectivity index (χ0v) is 12.7. The highest BCUT2D eigenvalue weighted by Crippen LogP contribution is 2.24. The van der Waals surface area contributed by atoms with Gasteiger partial charge in [-0.15, -0.1) is 0 Å². The third-order valence-corrected chi connectivity index (χ3v) is 4.91. The number of aliphatic hydroxyl groups is 1. The lowest BCUT2D eigenvalue weighted by Gasteiger charge is -2.35. The molecule has 2 atom stereocenters. The van der Waals surface area contributed by atoms with Gasteiger partial charge in [-0.3, -0.25) is 4.79 Å². The quantitative estimate of drug-likeness (QED) is 0.862. The minimum absolute atomic E-state index is 0.0597. The predicted molar refractivity (Wildman–Crippen MR) is 81.3 cm³/mol. The Bertz CT molecular complexity index is 493. The molecule has 0 bridgehead atoms. The Labute approximate surface area is 125 Å². The molecule has 0 aromatic carbocycles. The molecular formula is C16H25N3O2. The monoisotopic (exact) mass is 291 g/mol. The number of carbonyl (C=O) groups is 1. The van der Waals surface area contributed by atoms with Crippen LogP contribution in [0.4, 0.5) is 0 Å². The standard InChI is InChI=1S/C16H25N3O2/c1-12-6-10-18(11-15(12)20)16(21)14-3-2-9-19(14)13-4-7-17-8-5-13/h2-3,9,12-13,15,17,20H,4-8,10-11H2,1H3. The van der Waals surface area contributed by atoms with Crippen molar-refractivity contribution in [3.8, 4) is 0 Å². The molecule has 5 heteroatoms. The first-order chi connectivity index (χ1) is 10.2. The van der Waals surface area contributed by atoms with Crippen LogP contribution in [-0.4, -0.2) is 52.8 Å². The van der Waals surface area contributed by atoms with Crippen molar-refractivity contribution in [2.75, 3.05) is 26.2 Å². The zero-order chi connectivity index (χ0) is 14.8. The highest BCUT2D eigenvalue weighted by molar-refractivity contribution is 5.93. The number of amides is 1. The molecule has 0 aliphatic carbocycles. The second-order valence-corrected chi connectivity index (χ2v) is 6.37. The summed E-state index contributed by atoms with van der Waals surface area (Å²) in [6, 6.07) is 4.28. The maximum Gasteiger partial charge on any atom is 0.270 e. The molecule has 1 aromatic rings. The molecule has 5 nitrogen and oxygen atoms in total. The van der Waals surface area contributed by atoms with E-state index in [1.807, 2.05) is 25.3 Å². The van der Waals surface area contributed by atoms with Gasteiger partial charge >= 0.3 is 0 Å². The van der Waals surface area contributed by atoms with Gasteiger partial charge in [-0.1, -0.05) is 6.92 Å². The minimum atomic E-state index is -0.398. The molecule has 3 heterocycles. The molecule has 21 heavy (non-hydrogen) atoms. The Morgan fingerprint density at radius 3 is 2.81 bits per heavy atom. The molecule has 3 rings (SSSR count). The van der Waals surface area contributed by atoms with Crippen molar-refractivity contribution in [1.82, 2.24) is 14.8 Å². The first kappa shape index (κ1) is 14.6. The van der Waals surface area contributed by atoms with Gasteiger partial charge in [-0.2, -0.15) is 0 Å². The molecule has 0 saturated carbocycles. The number of nitrogens with one attached hydrogen (secondary N) is 1. The molecule has 1 amide bonds. The van der Waals surface area contributed by atoms with Crippen LogP contribution in [0.15, 0.2) is 18.3 Å². The third-order valence-electron chi connectivity index (χ3n) is 4.91. The molecule has 2 aliphatic heterocycles. The summed E-state index contributed by atoms with van der Waals surface area (Å²) in [5.41, 5.74) is 0.767. The Kier molecular flexibility index (Phi) is 4.31. The summed E-state index contributed by atoms with van der Waals surface area (Å²) in [5, 5.41) is 13.4. The van der Waals surface area contributed by atoms with Gasteiger partial charge < -0.3 is 19.9 Å². The Morgan fingerprint density at radius 1 is 1.33 bits per heavy atom. The van der Waals surface area contributed by atoms with E-state index in [0.29, 0.717) is 12.6 Å². The number of carbonyl (C=O) groups excluding carboxylic acids is 1. The van der Waals surface area contributed by atoms with Gasteiger partial charge in [-0.25, -0.2) is 0 Å². The molecule has 2 saturated heterocycles. The number of likely N-dealkylation sites (tertiary alicyclic amines) is 1. The number of hydrogen-bond acceptors (Lipinski definition) is 3. The van der Waals surface area contributed by atoms with Crippen molar-refractivity contribution in [3.05, 3.63) is 24.0 Å². The van der Waals surface area contributed by atoms with E-state index in [2.05, 4.69) is 9.88 Å². The topological polar surface area (TPSA) is 57.5 Å². The Hall–Kier alpha value is -1.33. The second kappa shape index (κ2) is 6.20. The van der Waals surface area contributed by atoms with E-state index in [1.165, 1.54) is 0 Å². The van der Waals surface area contributed by atoms with Gasteiger partial charge in [0.25, 0.3) is 5.91 Å². The average Bonchev–Trinajstić information content (AvgIpc) is 2.99. The third kappa shape index (κ3) is 2.99. The first-order valence-electron chi connectivity index (χ1n) is 8.01. The summed E-state index contributed by atoms with van der Waals surface area (Å²) >= 11 is 0. The van der Waals surface area contributed by atoms with E-state index < -0.39 is 6.10 Å². The van der Waals surface area contributed by atoms with E-state index in [9.17, 15) is 9.90 Å². The Morgan fingerprint density at radius 2 is 2.10 bits per heavy atom. The van der Waals surface area contributed by atoms with Crippen LogP contribution in [0.5, 0.6) is 0 Å². The van der Waals surface area contributed by atoms with Crippen LogP contribution in [0.3, 0.4) is 0 Å². The summed E-state index contributed by atoms with van der Waals surface area (Å²) in [6.45, 7) is 5.27. The molecule has 2 aliphatic rings. The maximum absolute atomic E-state index is 12.8. The number of nitrogens with zero attached hydrogens (tertiary/aromatic N) is 2. The molecule has 0 spiro atoms. The Balaban J connectivity index is 1.74. The fraction of sp³-hybridized carbons (Fsp3) is 0.688. The van der Waals surface area contributed by atoms with Crippen molar-refractivity contribution in [3.63, 3.8) is 0 Å². The second-order valence-electron chi connectivity index (χ2n) is 6.37. The van der Waals surface area contributed by atoms with Crippen LogP contribution in [0.25, 0.3) is 0 Å². The highest BCUT2D eigenvalue weighted by Gasteiger charge is 2.30. The number of aliphatic hydroxyl groups excluding tert-OH is 1. The molecule has 0 radical (unpaired) electrons. The molecule has 2 fully saturated rings. The lowest BCUT2D eigenvalue weighted by atomic mass is 9.96. The minimum Gasteiger partial charge on any atom is -0.391 e. The number of hydrogen-bond donors (Lipinski definition) is 2. The van der Waals surface area contributed by atoms with Gasteiger partial charge in [0.05, 0.1) is 6.10 Å². The lowest BCUT2D eigenvalue weighted by Crippen LogP contribution is -2.46. The van der Waals surface area contributed by atoms with Crippen LogP contribution >= 0.6 is 0 Å². The summed E-state index contributed by atoms with van der Waals surface area (Å²) in [5.74, 6) is 0.342. The van der Waals surface area contributed by atoms with E-state index in [-0.39, 0.29) is 11.8 Å². The first-order valence-corrected chi connectivity index (χ1v) is 8.01. The van der Waals surface area contributed by atoms with Gasteiger partial charge in [0.2, 0.25) is 0 Å².